The number of fused-ring (bicyclic) bond motifs is 2. The van der Waals surface area contributed by atoms with Crippen LogP contribution in [0, 0.1) is 0 Å². The summed E-state index contributed by atoms with van der Waals surface area (Å²) in [6, 6.07) is 34.9. The second kappa shape index (κ2) is 6.54. The van der Waals surface area contributed by atoms with Gasteiger partial charge in [-0.2, -0.15) is 0 Å². The Labute approximate surface area is 158 Å². The van der Waals surface area contributed by atoms with Gasteiger partial charge in [-0.3, -0.25) is 0 Å². The normalized spacial score (nSPS) is 11.9. The van der Waals surface area contributed by atoms with Crippen LogP contribution in [0.4, 0.5) is 28.4 Å². The molecule has 0 spiro atoms. The molecular formula is C24H18N2O. The van der Waals surface area contributed by atoms with Gasteiger partial charge in [-0.05, 0) is 48.5 Å². The van der Waals surface area contributed by atoms with Crippen LogP contribution in [-0.2, 0) is 0 Å². The second-order valence-electron chi connectivity index (χ2n) is 6.41. The monoisotopic (exact) mass is 350 g/mol. The molecule has 0 saturated carbocycles. The standard InChI is InChI=1S/C24H18N2O/c1-3-9-18(10-4-1)25-19-15-16-22-24(17-19)27-23-14-8-7-13-21(23)26(22)20-11-5-2-6-12-20/h1-17,25H. The van der Waals surface area contributed by atoms with Crippen LogP contribution in [0.25, 0.3) is 0 Å². The number of benzene rings is 4. The molecule has 0 amide bonds. The Balaban J connectivity index is 1.59. The van der Waals surface area contributed by atoms with Crippen LogP contribution in [0.15, 0.2) is 103 Å². The molecule has 1 aliphatic rings. The lowest BCUT2D eigenvalue weighted by atomic mass is 10.1. The maximum atomic E-state index is 6.23. The minimum atomic E-state index is 0.832. The Morgan fingerprint density at radius 2 is 1.22 bits per heavy atom. The predicted octanol–water partition coefficient (Wildman–Crippen LogP) is 7.01. The van der Waals surface area contributed by atoms with Gasteiger partial charge in [-0.15, -0.1) is 0 Å². The van der Waals surface area contributed by atoms with Gasteiger partial charge in [0.05, 0.1) is 11.4 Å². The molecule has 3 nitrogen and oxygen atoms in total. The molecule has 130 valence electrons. The molecule has 27 heavy (non-hydrogen) atoms. The van der Waals surface area contributed by atoms with E-state index in [4.69, 9.17) is 4.74 Å². The van der Waals surface area contributed by atoms with Crippen molar-refractivity contribution in [1.29, 1.82) is 0 Å². The fourth-order valence-corrected chi connectivity index (χ4v) is 3.38. The summed E-state index contributed by atoms with van der Waals surface area (Å²) in [7, 11) is 0. The summed E-state index contributed by atoms with van der Waals surface area (Å²) in [4.78, 5) is 2.24. The molecule has 4 aromatic rings. The summed E-state index contributed by atoms with van der Waals surface area (Å²) >= 11 is 0. The van der Waals surface area contributed by atoms with Gasteiger partial charge in [-0.1, -0.05) is 48.5 Å². The minimum Gasteiger partial charge on any atom is -0.453 e. The number of rotatable bonds is 3. The molecule has 1 N–H and O–H groups in total. The number of ether oxygens (including phenoxy) is 1. The van der Waals surface area contributed by atoms with E-state index in [1.165, 1.54) is 0 Å². The largest absolute Gasteiger partial charge is 0.453 e. The number of hydrogen-bond acceptors (Lipinski definition) is 3. The van der Waals surface area contributed by atoms with Gasteiger partial charge in [0.2, 0.25) is 0 Å². The van der Waals surface area contributed by atoms with Crippen molar-refractivity contribution in [3.05, 3.63) is 103 Å². The van der Waals surface area contributed by atoms with E-state index in [-0.39, 0.29) is 0 Å². The molecule has 0 unspecified atom stereocenters. The van der Waals surface area contributed by atoms with Crippen LogP contribution in [0.5, 0.6) is 11.5 Å². The molecule has 3 heteroatoms. The lowest BCUT2D eigenvalue weighted by molar-refractivity contribution is 0.477. The highest BCUT2D eigenvalue weighted by atomic mass is 16.5. The SMILES string of the molecule is c1ccc(Nc2ccc3c(c2)Oc2ccccc2N3c2ccccc2)cc1. The van der Waals surface area contributed by atoms with E-state index < -0.39 is 0 Å². The fourth-order valence-electron chi connectivity index (χ4n) is 3.38. The third kappa shape index (κ3) is 2.89. The summed E-state index contributed by atoms with van der Waals surface area (Å²) in [6.07, 6.45) is 0. The first-order valence-corrected chi connectivity index (χ1v) is 8.97. The van der Waals surface area contributed by atoms with Crippen LogP contribution in [-0.4, -0.2) is 0 Å². The Morgan fingerprint density at radius 1 is 0.556 bits per heavy atom. The van der Waals surface area contributed by atoms with E-state index in [0.29, 0.717) is 0 Å². The van der Waals surface area contributed by atoms with Crippen LogP contribution < -0.4 is 15.0 Å². The summed E-state index contributed by atoms with van der Waals surface area (Å²) in [5.41, 5.74) is 5.22. The van der Waals surface area contributed by atoms with Gasteiger partial charge in [0.25, 0.3) is 0 Å². The number of nitrogens with one attached hydrogen (secondary N) is 1. The van der Waals surface area contributed by atoms with E-state index in [1.54, 1.807) is 0 Å². The number of para-hydroxylation sites is 4. The van der Waals surface area contributed by atoms with Crippen molar-refractivity contribution in [1.82, 2.24) is 0 Å². The number of hydrogen-bond donors (Lipinski definition) is 1. The van der Waals surface area contributed by atoms with Crippen molar-refractivity contribution < 1.29 is 4.74 Å². The smallest absolute Gasteiger partial charge is 0.153 e. The predicted molar refractivity (Wildman–Crippen MR) is 111 cm³/mol. The maximum Gasteiger partial charge on any atom is 0.153 e. The third-order valence-electron chi connectivity index (χ3n) is 4.60. The lowest BCUT2D eigenvalue weighted by Gasteiger charge is -2.33. The fraction of sp³-hybridized carbons (Fsp3) is 0. The Hall–Kier alpha value is -3.72. The van der Waals surface area contributed by atoms with E-state index in [2.05, 4.69) is 52.7 Å². The molecule has 1 aliphatic heterocycles. The van der Waals surface area contributed by atoms with Gasteiger partial charge in [0.15, 0.2) is 11.5 Å². The molecule has 0 radical (unpaired) electrons. The Morgan fingerprint density at radius 3 is 2.04 bits per heavy atom. The van der Waals surface area contributed by atoms with Crippen LogP contribution in [0.3, 0.4) is 0 Å². The van der Waals surface area contributed by atoms with Gasteiger partial charge in [-0.25, -0.2) is 0 Å². The van der Waals surface area contributed by atoms with E-state index in [1.807, 2.05) is 60.7 Å². The summed E-state index contributed by atoms with van der Waals surface area (Å²) < 4.78 is 6.23. The van der Waals surface area contributed by atoms with Gasteiger partial charge >= 0.3 is 0 Å². The molecule has 1 heterocycles. The van der Waals surface area contributed by atoms with E-state index in [0.717, 1.165) is 39.9 Å². The summed E-state index contributed by atoms with van der Waals surface area (Å²) in [5, 5.41) is 3.43. The summed E-state index contributed by atoms with van der Waals surface area (Å²) in [5.74, 6) is 1.68. The van der Waals surface area contributed by atoms with Crippen LogP contribution in [0.1, 0.15) is 0 Å². The molecule has 0 fully saturated rings. The number of nitrogens with zero attached hydrogens (tertiary/aromatic N) is 1. The first-order valence-electron chi connectivity index (χ1n) is 8.97. The van der Waals surface area contributed by atoms with Crippen LogP contribution >= 0.6 is 0 Å². The highest BCUT2D eigenvalue weighted by Crippen LogP contribution is 2.50. The highest BCUT2D eigenvalue weighted by Gasteiger charge is 2.25. The van der Waals surface area contributed by atoms with Crippen molar-refractivity contribution in [3.8, 4) is 11.5 Å². The summed E-state index contributed by atoms with van der Waals surface area (Å²) in [6.45, 7) is 0. The molecule has 0 aromatic heterocycles. The van der Waals surface area contributed by atoms with Gasteiger partial charge in [0.1, 0.15) is 0 Å². The lowest BCUT2D eigenvalue weighted by Crippen LogP contribution is -2.15. The zero-order valence-corrected chi connectivity index (χ0v) is 14.7. The van der Waals surface area contributed by atoms with E-state index in [9.17, 15) is 0 Å². The average molecular weight is 350 g/mol. The van der Waals surface area contributed by atoms with Crippen LogP contribution in [0.2, 0.25) is 0 Å². The first kappa shape index (κ1) is 15.5. The average Bonchev–Trinajstić information content (AvgIpc) is 2.73. The Kier molecular flexibility index (Phi) is 3.76. The topological polar surface area (TPSA) is 24.5 Å². The first-order chi connectivity index (χ1) is 13.4. The molecule has 0 atom stereocenters. The highest BCUT2D eigenvalue weighted by molar-refractivity contribution is 5.87. The minimum absolute atomic E-state index is 0.832. The van der Waals surface area contributed by atoms with Gasteiger partial charge < -0.3 is 15.0 Å². The molecule has 5 rings (SSSR count). The molecule has 4 aromatic carbocycles. The van der Waals surface area contributed by atoms with Crippen molar-refractivity contribution >= 4 is 28.4 Å². The second-order valence-corrected chi connectivity index (χ2v) is 6.41. The quantitative estimate of drug-likeness (QED) is 0.379. The third-order valence-corrected chi connectivity index (χ3v) is 4.60. The van der Waals surface area contributed by atoms with Crippen molar-refractivity contribution in [2.75, 3.05) is 10.2 Å². The Bertz CT molecular complexity index is 1080. The zero-order valence-electron chi connectivity index (χ0n) is 14.7. The number of anilines is 5. The zero-order chi connectivity index (χ0) is 18.1. The maximum absolute atomic E-state index is 6.23. The van der Waals surface area contributed by atoms with Crippen molar-refractivity contribution in [3.63, 3.8) is 0 Å². The molecular weight excluding hydrogens is 332 g/mol. The van der Waals surface area contributed by atoms with E-state index >= 15 is 0 Å². The van der Waals surface area contributed by atoms with Gasteiger partial charge in [0, 0.05) is 23.1 Å². The van der Waals surface area contributed by atoms with Crippen molar-refractivity contribution in [2.45, 2.75) is 0 Å². The molecule has 0 aliphatic carbocycles. The van der Waals surface area contributed by atoms with Crippen molar-refractivity contribution in [2.24, 2.45) is 0 Å². The molecule has 0 bridgehead atoms. The molecule has 0 saturated heterocycles.